The molecule has 4 rings (SSSR count). The minimum atomic E-state index is -0.153. The lowest BCUT2D eigenvalue weighted by atomic mass is 10.0. The van der Waals surface area contributed by atoms with Gasteiger partial charge in [-0.05, 0) is 39.3 Å². The number of hydrogen-bond donors (Lipinski definition) is 0. The van der Waals surface area contributed by atoms with E-state index >= 15 is 0 Å². The standard InChI is InChI=1S/C16H18N6O2S/c1-9-4-5-13(25-9)15-18-16(24-20-15)12-6-7-21(12)14(23)8-22-11(3)17-10(2)19-22/h4-5,12H,6-8H2,1-3H3. The van der Waals surface area contributed by atoms with E-state index in [2.05, 4.69) is 20.2 Å². The fourth-order valence-electron chi connectivity index (χ4n) is 2.90. The first-order valence-corrected chi connectivity index (χ1v) is 8.91. The summed E-state index contributed by atoms with van der Waals surface area (Å²) in [6.45, 7) is 6.55. The molecule has 0 radical (unpaired) electrons. The van der Waals surface area contributed by atoms with Crippen LogP contribution < -0.4 is 0 Å². The highest BCUT2D eigenvalue weighted by molar-refractivity contribution is 7.15. The van der Waals surface area contributed by atoms with Gasteiger partial charge in [-0.1, -0.05) is 5.16 Å². The van der Waals surface area contributed by atoms with Crippen LogP contribution in [0.25, 0.3) is 10.7 Å². The molecule has 0 saturated carbocycles. The van der Waals surface area contributed by atoms with E-state index in [1.54, 1.807) is 20.9 Å². The van der Waals surface area contributed by atoms with E-state index in [-0.39, 0.29) is 18.5 Å². The largest absolute Gasteiger partial charge is 0.337 e. The van der Waals surface area contributed by atoms with Crippen LogP contribution >= 0.6 is 11.3 Å². The summed E-state index contributed by atoms with van der Waals surface area (Å²) in [5.74, 6) is 2.45. The second-order valence-electron chi connectivity index (χ2n) is 6.12. The number of aryl methyl sites for hydroxylation is 3. The van der Waals surface area contributed by atoms with E-state index in [0.717, 1.165) is 17.1 Å². The Hall–Kier alpha value is -2.55. The molecule has 9 heteroatoms. The van der Waals surface area contributed by atoms with Crippen molar-refractivity contribution in [2.75, 3.05) is 6.54 Å². The molecule has 1 fully saturated rings. The number of likely N-dealkylation sites (tertiary alicyclic amines) is 1. The topological polar surface area (TPSA) is 89.9 Å². The molecule has 25 heavy (non-hydrogen) atoms. The number of rotatable bonds is 4. The number of amides is 1. The minimum Gasteiger partial charge on any atom is -0.337 e. The lowest BCUT2D eigenvalue weighted by Gasteiger charge is -2.38. The van der Waals surface area contributed by atoms with Crippen LogP contribution in [0.15, 0.2) is 16.7 Å². The first-order valence-electron chi connectivity index (χ1n) is 8.09. The van der Waals surface area contributed by atoms with Crippen LogP contribution in [0.5, 0.6) is 0 Å². The lowest BCUT2D eigenvalue weighted by molar-refractivity contribution is -0.141. The molecule has 1 unspecified atom stereocenters. The predicted octanol–water partition coefficient (Wildman–Crippen LogP) is 2.29. The normalized spacial score (nSPS) is 16.9. The maximum absolute atomic E-state index is 12.6. The van der Waals surface area contributed by atoms with Crippen molar-refractivity contribution in [1.29, 1.82) is 0 Å². The number of nitrogens with zero attached hydrogens (tertiary/aromatic N) is 6. The highest BCUT2D eigenvalue weighted by Gasteiger charge is 2.37. The molecule has 3 aromatic rings. The van der Waals surface area contributed by atoms with Crippen LogP contribution in [0.3, 0.4) is 0 Å². The van der Waals surface area contributed by atoms with Crippen LogP contribution in [-0.4, -0.2) is 42.3 Å². The average molecular weight is 358 g/mol. The molecule has 0 N–H and O–H groups in total. The van der Waals surface area contributed by atoms with E-state index in [4.69, 9.17) is 4.52 Å². The van der Waals surface area contributed by atoms with Crippen LogP contribution in [0, 0.1) is 20.8 Å². The molecule has 130 valence electrons. The van der Waals surface area contributed by atoms with Crippen molar-refractivity contribution >= 4 is 17.2 Å². The summed E-state index contributed by atoms with van der Waals surface area (Å²) >= 11 is 1.62. The van der Waals surface area contributed by atoms with Crippen molar-refractivity contribution in [3.05, 3.63) is 34.5 Å². The van der Waals surface area contributed by atoms with Crippen molar-refractivity contribution in [2.45, 2.75) is 39.8 Å². The average Bonchev–Trinajstić information content (AvgIpc) is 3.20. The number of carbonyl (C=O) groups excluding carboxylic acids is 1. The maximum atomic E-state index is 12.6. The fourth-order valence-corrected chi connectivity index (χ4v) is 3.69. The van der Waals surface area contributed by atoms with Gasteiger partial charge in [0, 0.05) is 11.4 Å². The van der Waals surface area contributed by atoms with E-state index in [1.807, 2.05) is 32.9 Å². The Morgan fingerprint density at radius 3 is 2.76 bits per heavy atom. The van der Waals surface area contributed by atoms with Gasteiger partial charge in [-0.15, -0.1) is 11.3 Å². The third-order valence-corrected chi connectivity index (χ3v) is 5.27. The summed E-state index contributed by atoms with van der Waals surface area (Å²) < 4.78 is 7.03. The third kappa shape index (κ3) is 2.95. The Balaban J connectivity index is 1.48. The third-order valence-electron chi connectivity index (χ3n) is 4.28. The van der Waals surface area contributed by atoms with E-state index in [1.165, 1.54) is 4.88 Å². The first-order chi connectivity index (χ1) is 12.0. The van der Waals surface area contributed by atoms with Crippen LogP contribution in [-0.2, 0) is 11.3 Å². The zero-order valence-corrected chi connectivity index (χ0v) is 15.1. The van der Waals surface area contributed by atoms with Gasteiger partial charge in [0.2, 0.25) is 17.6 Å². The second-order valence-corrected chi connectivity index (χ2v) is 7.41. The molecular weight excluding hydrogens is 340 g/mol. The molecule has 1 amide bonds. The zero-order valence-electron chi connectivity index (χ0n) is 14.3. The van der Waals surface area contributed by atoms with Gasteiger partial charge in [0.25, 0.3) is 0 Å². The summed E-state index contributed by atoms with van der Waals surface area (Å²) in [6, 6.07) is 3.85. The van der Waals surface area contributed by atoms with Gasteiger partial charge >= 0.3 is 0 Å². The number of carbonyl (C=O) groups is 1. The summed E-state index contributed by atoms with van der Waals surface area (Å²) in [5.41, 5.74) is 0. The molecule has 0 aliphatic carbocycles. The van der Waals surface area contributed by atoms with Crippen LogP contribution in [0.2, 0.25) is 0 Å². The number of hydrogen-bond acceptors (Lipinski definition) is 7. The first kappa shape index (κ1) is 15.9. The van der Waals surface area contributed by atoms with Gasteiger partial charge in [-0.25, -0.2) is 9.67 Å². The molecule has 0 bridgehead atoms. The molecule has 0 spiro atoms. The second kappa shape index (κ2) is 6.07. The molecule has 1 aliphatic rings. The van der Waals surface area contributed by atoms with Crippen molar-refractivity contribution in [2.24, 2.45) is 0 Å². The Morgan fingerprint density at radius 2 is 2.16 bits per heavy atom. The van der Waals surface area contributed by atoms with Gasteiger partial charge in [0.05, 0.1) is 4.88 Å². The molecular formula is C16H18N6O2S. The summed E-state index contributed by atoms with van der Waals surface area (Å²) in [4.78, 5) is 25.2. The van der Waals surface area contributed by atoms with Crippen LogP contribution in [0.1, 0.15) is 34.9 Å². The predicted molar refractivity (Wildman–Crippen MR) is 90.9 cm³/mol. The van der Waals surface area contributed by atoms with Crippen molar-refractivity contribution in [3.8, 4) is 10.7 Å². The number of aromatic nitrogens is 5. The highest BCUT2D eigenvalue weighted by Crippen LogP contribution is 2.34. The van der Waals surface area contributed by atoms with Gasteiger partial charge in [0.15, 0.2) is 0 Å². The highest BCUT2D eigenvalue weighted by atomic mass is 32.1. The fraction of sp³-hybridized carbons (Fsp3) is 0.438. The zero-order chi connectivity index (χ0) is 17.6. The monoisotopic (exact) mass is 358 g/mol. The Kier molecular flexibility index (Phi) is 3.87. The van der Waals surface area contributed by atoms with Gasteiger partial charge in [-0.2, -0.15) is 10.1 Å². The molecule has 0 aromatic carbocycles. The van der Waals surface area contributed by atoms with Gasteiger partial charge < -0.3 is 9.42 Å². The van der Waals surface area contributed by atoms with Crippen molar-refractivity contribution < 1.29 is 9.32 Å². The van der Waals surface area contributed by atoms with Gasteiger partial charge in [0.1, 0.15) is 24.2 Å². The van der Waals surface area contributed by atoms with Crippen LogP contribution in [0.4, 0.5) is 0 Å². The summed E-state index contributed by atoms with van der Waals surface area (Å²) in [6.07, 6.45) is 0.826. The quantitative estimate of drug-likeness (QED) is 0.711. The smallest absolute Gasteiger partial charge is 0.249 e. The van der Waals surface area contributed by atoms with Gasteiger partial charge in [-0.3, -0.25) is 4.79 Å². The molecule has 4 heterocycles. The lowest BCUT2D eigenvalue weighted by Crippen LogP contribution is -2.46. The molecule has 1 aliphatic heterocycles. The molecule has 3 aromatic heterocycles. The summed E-state index contributed by atoms with van der Waals surface area (Å²) in [5, 5.41) is 8.30. The van der Waals surface area contributed by atoms with E-state index in [0.29, 0.717) is 24.1 Å². The van der Waals surface area contributed by atoms with Crippen molar-refractivity contribution in [1.82, 2.24) is 29.8 Å². The molecule has 8 nitrogen and oxygen atoms in total. The Labute approximate surface area is 148 Å². The molecule has 1 saturated heterocycles. The maximum Gasteiger partial charge on any atom is 0.249 e. The minimum absolute atomic E-state index is 0.0176. The SMILES string of the molecule is Cc1nc(C)n(CC(=O)N2CCC2c2nc(-c3ccc(C)s3)no2)n1. The molecule has 1 atom stereocenters. The Morgan fingerprint density at radius 1 is 1.32 bits per heavy atom. The summed E-state index contributed by atoms with van der Waals surface area (Å²) in [7, 11) is 0. The Bertz CT molecular complexity index is 927. The van der Waals surface area contributed by atoms with E-state index < -0.39 is 0 Å². The number of thiophene rings is 1. The van der Waals surface area contributed by atoms with Crippen molar-refractivity contribution in [3.63, 3.8) is 0 Å². The van der Waals surface area contributed by atoms with E-state index in [9.17, 15) is 4.79 Å².